The molecule has 1 aliphatic heterocycles. The molecule has 0 aliphatic carbocycles. The van der Waals surface area contributed by atoms with Crippen molar-refractivity contribution >= 4 is 34.8 Å². The maximum absolute atomic E-state index is 12.3. The topological polar surface area (TPSA) is 32.3 Å². The van der Waals surface area contributed by atoms with Crippen LogP contribution in [-0.2, 0) is 4.79 Å². The first kappa shape index (κ1) is 15.6. The summed E-state index contributed by atoms with van der Waals surface area (Å²) >= 11 is 11.9. The van der Waals surface area contributed by atoms with Crippen molar-refractivity contribution in [3.63, 3.8) is 0 Å². The Labute approximate surface area is 130 Å². The third kappa shape index (κ3) is 4.11. The number of hydrogen-bond acceptors (Lipinski definition) is 2. The van der Waals surface area contributed by atoms with Crippen LogP contribution in [0.4, 0.5) is 5.69 Å². The molecular formula is C15H20Cl2N2O. The molecule has 0 saturated carbocycles. The zero-order chi connectivity index (χ0) is 14.5. The number of rotatable bonds is 3. The van der Waals surface area contributed by atoms with Crippen molar-refractivity contribution in [1.82, 2.24) is 4.90 Å². The minimum atomic E-state index is -0.139. The normalized spacial score (nSPS) is 18.4. The molecule has 1 atom stereocenters. The largest absolute Gasteiger partial charge is 0.323 e. The zero-order valence-electron chi connectivity index (χ0n) is 11.7. The molecule has 1 fully saturated rings. The summed E-state index contributed by atoms with van der Waals surface area (Å²) in [5.74, 6) is -0.0175. The molecule has 1 amide bonds. The van der Waals surface area contributed by atoms with E-state index in [0.29, 0.717) is 15.7 Å². The number of nitrogens with one attached hydrogen (secondary N) is 1. The van der Waals surface area contributed by atoms with Crippen LogP contribution in [0.15, 0.2) is 18.2 Å². The predicted molar refractivity (Wildman–Crippen MR) is 84.6 cm³/mol. The highest BCUT2D eigenvalue weighted by atomic mass is 35.5. The fraction of sp³-hybridized carbons (Fsp3) is 0.533. The van der Waals surface area contributed by atoms with E-state index in [1.165, 1.54) is 25.7 Å². The summed E-state index contributed by atoms with van der Waals surface area (Å²) in [5.41, 5.74) is 0.614. The Kier molecular flexibility index (Phi) is 5.70. The maximum atomic E-state index is 12.3. The van der Waals surface area contributed by atoms with Gasteiger partial charge in [-0.15, -0.1) is 0 Å². The van der Waals surface area contributed by atoms with E-state index >= 15 is 0 Å². The molecule has 1 saturated heterocycles. The molecule has 1 aromatic rings. The summed E-state index contributed by atoms with van der Waals surface area (Å²) < 4.78 is 0. The molecule has 1 aliphatic rings. The molecule has 5 heteroatoms. The highest BCUT2D eigenvalue weighted by molar-refractivity contribution is 6.36. The molecule has 1 unspecified atom stereocenters. The Balaban J connectivity index is 1.99. The fourth-order valence-corrected chi connectivity index (χ4v) is 2.93. The number of benzene rings is 1. The van der Waals surface area contributed by atoms with Crippen molar-refractivity contribution in [2.24, 2.45) is 0 Å². The van der Waals surface area contributed by atoms with Gasteiger partial charge in [-0.2, -0.15) is 0 Å². The van der Waals surface area contributed by atoms with Crippen molar-refractivity contribution in [3.8, 4) is 0 Å². The molecule has 1 heterocycles. The van der Waals surface area contributed by atoms with Crippen LogP contribution in [-0.4, -0.2) is 29.9 Å². The van der Waals surface area contributed by atoms with Crippen molar-refractivity contribution in [3.05, 3.63) is 28.2 Å². The summed E-state index contributed by atoms with van der Waals surface area (Å²) in [5, 5.41) is 3.91. The van der Waals surface area contributed by atoms with Gasteiger partial charge >= 0.3 is 0 Å². The van der Waals surface area contributed by atoms with E-state index in [0.717, 1.165) is 13.1 Å². The van der Waals surface area contributed by atoms with Gasteiger partial charge in [0.1, 0.15) is 0 Å². The SMILES string of the molecule is CC(C(=O)Nc1ccc(Cl)cc1Cl)N1CCCCCC1. The van der Waals surface area contributed by atoms with Crippen LogP contribution in [0.5, 0.6) is 0 Å². The van der Waals surface area contributed by atoms with Crippen LogP contribution in [0.25, 0.3) is 0 Å². The Bertz CT molecular complexity index is 471. The number of nitrogens with zero attached hydrogens (tertiary/aromatic N) is 1. The van der Waals surface area contributed by atoms with Crippen LogP contribution in [0.3, 0.4) is 0 Å². The third-order valence-corrected chi connectivity index (χ3v) is 4.30. The zero-order valence-corrected chi connectivity index (χ0v) is 13.2. The van der Waals surface area contributed by atoms with Crippen LogP contribution in [0, 0.1) is 0 Å². The van der Waals surface area contributed by atoms with Gasteiger partial charge in [-0.25, -0.2) is 0 Å². The summed E-state index contributed by atoms with van der Waals surface area (Å²) in [6, 6.07) is 4.95. The molecule has 0 bridgehead atoms. The average molecular weight is 315 g/mol. The van der Waals surface area contributed by atoms with Gasteiger partial charge in [-0.05, 0) is 51.1 Å². The lowest BCUT2D eigenvalue weighted by Crippen LogP contribution is -2.42. The van der Waals surface area contributed by atoms with Crippen molar-refractivity contribution in [1.29, 1.82) is 0 Å². The molecule has 0 aromatic heterocycles. The summed E-state index contributed by atoms with van der Waals surface area (Å²) in [6.45, 7) is 3.93. The Morgan fingerprint density at radius 3 is 2.45 bits per heavy atom. The first-order valence-electron chi connectivity index (χ1n) is 7.08. The van der Waals surface area contributed by atoms with E-state index < -0.39 is 0 Å². The number of anilines is 1. The van der Waals surface area contributed by atoms with E-state index in [1.54, 1.807) is 18.2 Å². The highest BCUT2D eigenvalue weighted by Crippen LogP contribution is 2.25. The molecule has 0 spiro atoms. The Morgan fingerprint density at radius 2 is 1.85 bits per heavy atom. The molecule has 110 valence electrons. The summed E-state index contributed by atoms with van der Waals surface area (Å²) in [4.78, 5) is 14.6. The Hall–Kier alpha value is -0.770. The lowest BCUT2D eigenvalue weighted by Gasteiger charge is -2.26. The van der Waals surface area contributed by atoms with Crippen molar-refractivity contribution in [2.45, 2.75) is 38.6 Å². The second-order valence-corrected chi connectivity index (χ2v) is 6.08. The average Bonchev–Trinajstić information content (AvgIpc) is 2.70. The van der Waals surface area contributed by atoms with E-state index in [9.17, 15) is 4.79 Å². The summed E-state index contributed by atoms with van der Waals surface area (Å²) in [6.07, 6.45) is 4.85. The molecule has 20 heavy (non-hydrogen) atoms. The van der Waals surface area contributed by atoms with Gasteiger partial charge < -0.3 is 5.32 Å². The van der Waals surface area contributed by atoms with Crippen LogP contribution < -0.4 is 5.32 Å². The first-order chi connectivity index (χ1) is 9.58. The standard InChI is InChI=1S/C15H20Cl2N2O/c1-11(19-8-4-2-3-5-9-19)15(20)18-14-7-6-12(16)10-13(14)17/h6-7,10-11H,2-5,8-9H2,1H3,(H,18,20). The summed E-state index contributed by atoms with van der Waals surface area (Å²) in [7, 11) is 0. The van der Waals surface area contributed by atoms with Crippen LogP contribution in [0.1, 0.15) is 32.6 Å². The smallest absolute Gasteiger partial charge is 0.241 e. The maximum Gasteiger partial charge on any atom is 0.241 e. The minimum absolute atomic E-state index is 0.0175. The number of carbonyl (C=O) groups excluding carboxylic acids is 1. The van der Waals surface area contributed by atoms with E-state index in [2.05, 4.69) is 10.2 Å². The number of hydrogen-bond donors (Lipinski definition) is 1. The third-order valence-electron chi connectivity index (χ3n) is 3.76. The Morgan fingerprint density at radius 1 is 1.20 bits per heavy atom. The van der Waals surface area contributed by atoms with E-state index in [4.69, 9.17) is 23.2 Å². The number of carbonyl (C=O) groups is 1. The van der Waals surface area contributed by atoms with E-state index in [-0.39, 0.29) is 11.9 Å². The van der Waals surface area contributed by atoms with Crippen molar-refractivity contribution < 1.29 is 4.79 Å². The van der Waals surface area contributed by atoms with Gasteiger partial charge in [0.25, 0.3) is 0 Å². The molecule has 3 nitrogen and oxygen atoms in total. The van der Waals surface area contributed by atoms with Gasteiger partial charge in [0, 0.05) is 5.02 Å². The van der Waals surface area contributed by atoms with Gasteiger partial charge in [0.15, 0.2) is 0 Å². The lowest BCUT2D eigenvalue weighted by atomic mass is 10.2. The van der Waals surface area contributed by atoms with Gasteiger partial charge in [-0.1, -0.05) is 36.0 Å². The molecule has 2 rings (SSSR count). The number of halogens is 2. The van der Waals surface area contributed by atoms with Gasteiger partial charge in [-0.3, -0.25) is 9.69 Å². The quantitative estimate of drug-likeness (QED) is 0.907. The molecule has 0 radical (unpaired) electrons. The second-order valence-electron chi connectivity index (χ2n) is 5.24. The van der Waals surface area contributed by atoms with Crippen LogP contribution >= 0.6 is 23.2 Å². The number of amides is 1. The van der Waals surface area contributed by atoms with Gasteiger partial charge in [0.2, 0.25) is 5.91 Å². The molecule has 1 aromatic carbocycles. The highest BCUT2D eigenvalue weighted by Gasteiger charge is 2.22. The predicted octanol–water partition coefficient (Wildman–Crippen LogP) is 4.20. The van der Waals surface area contributed by atoms with Crippen molar-refractivity contribution in [2.75, 3.05) is 18.4 Å². The minimum Gasteiger partial charge on any atom is -0.323 e. The monoisotopic (exact) mass is 314 g/mol. The van der Waals surface area contributed by atoms with Crippen LogP contribution in [0.2, 0.25) is 10.0 Å². The van der Waals surface area contributed by atoms with E-state index in [1.807, 2.05) is 6.92 Å². The fourth-order valence-electron chi connectivity index (χ4n) is 2.48. The first-order valence-corrected chi connectivity index (χ1v) is 7.83. The number of likely N-dealkylation sites (tertiary alicyclic amines) is 1. The lowest BCUT2D eigenvalue weighted by molar-refractivity contribution is -0.120. The van der Waals surface area contributed by atoms with Gasteiger partial charge in [0.05, 0.1) is 16.8 Å². The second kappa shape index (κ2) is 7.30. The molecule has 1 N–H and O–H groups in total. The molecular weight excluding hydrogens is 295 g/mol.